The summed E-state index contributed by atoms with van der Waals surface area (Å²) in [4.78, 5) is 19.9. The highest BCUT2D eigenvalue weighted by Crippen LogP contribution is 2.36. The van der Waals surface area contributed by atoms with E-state index in [2.05, 4.69) is 10.3 Å². The van der Waals surface area contributed by atoms with Crippen molar-refractivity contribution in [2.45, 2.75) is 37.9 Å². The lowest BCUT2D eigenvalue weighted by Crippen LogP contribution is -2.56. The molecule has 2 atom stereocenters. The number of nitrogens with one attached hydrogen (secondary N) is 1. The normalized spacial score (nSPS) is 25.3. The van der Waals surface area contributed by atoms with Crippen LogP contribution in [0.2, 0.25) is 0 Å². The number of anilines is 1. The number of piperidine rings is 1. The van der Waals surface area contributed by atoms with E-state index < -0.39 is 11.7 Å². The molecule has 0 bridgehead atoms. The van der Waals surface area contributed by atoms with Gasteiger partial charge in [0.2, 0.25) is 5.91 Å². The number of rotatable bonds is 4. The van der Waals surface area contributed by atoms with Crippen molar-refractivity contribution in [2.24, 2.45) is 0 Å². The number of hydrogen-bond acceptors (Lipinski definition) is 6. The standard InChI is InChI=1S/C20H24FN3O3S/c1-13-18(14-3-5-15(21)6-4-14)23-19(28-13)22-17(26)12-24-9-8-20(16(25)11-24)7-2-10-27-20/h3-6,16,25H,2,7-12H2,1H3,(H,22,23,26)/t16-,20-/m0/s1. The van der Waals surface area contributed by atoms with Crippen molar-refractivity contribution in [1.82, 2.24) is 9.88 Å². The van der Waals surface area contributed by atoms with Crippen LogP contribution < -0.4 is 5.32 Å². The Morgan fingerprint density at radius 2 is 2.21 bits per heavy atom. The van der Waals surface area contributed by atoms with Crippen molar-refractivity contribution in [1.29, 1.82) is 0 Å². The second kappa shape index (κ2) is 7.87. The smallest absolute Gasteiger partial charge is 0.240 e. The van der Waals surface area contributed by atoms with Crippen LogP contribution in [0.15, 0.2) is 24.3 Å². The lowest BCUT2D eigenvalue weighted by molar-refractivity contribution is -0.135. The summed E-state index contributed by atoms with van der Waals surface area (Å²) >= 11 is 1.39. The van der Waals surface area contributed by atoms with E-state index in [4.69, 9.17) is 4.74 Å². The highest BCUT2D eigenvalue weighted by Gasteiger charge is 2.45. The fraction of sp³-hybridized carbons (Fsp3) is 0.500. The molecule has 0 aliphatic carbocycles. The molecule has 4 rings (SSSR count). The van der Waals surface area contributed by atoms with E-state index >= 15 is 0 Å². The van der Waals surface area contributed by atoms with Crippen molar-refractivity contribution in [3.05, 3.63) is 35.0 Å². The number of thiazole rings is 1. The minimum atomic E-state index is -0.566. The molecule has 2 aromatic rings. The molecule has 2 saturated heterocycles. The Bertz CT molecular complexity index is 849. The molecule has 6 nitrogen and oxygen atoms in total. The average molecular weight is 405 g/mol. The molecule has 8 heteroatoms. The molecule has 1 aromatic carbocycles. The van der Waals surface area contributed by atoms with Gasteiger partial charge in [0.25, 0.3) is 0 Å². The van der Waals surface area contributed by atoms with Crippen LogP contribution in [0.4, 0.5) is 9.52 Å². The zero-order chi connectivity index (χ0) is 19.7. The molecule has 1 amide bonds. The van der Waals surface area contributed by atoms with Crippen LogP contribution in [-0.2, 0) is 9.53 Å². The molecule has 1 aromatic heterocycles. The number of aliphatic hydroxyl groups excluding tert-OH is 1. The summed E-state index contributed by atoms with van der Waals surface area (Å²) in [5, 5.41) is 13.9. The van der Waals surface area contributed by atoms with Crippen LogP contribution >= 0.6 is 11.3 Å². The molecule has 1 spiro atoms. The molecule has 3 heterocycles. The third-order valence-electron chi connectivity index (χ3n) is 5.55. The van der Waals surface area contributed by atoms with Gasteiger partial charge in [0, 0.05) is 30.1 Å². The van der Waals surface area contributed by atoms with Crippen LogP contribution in [0.1, 0.15) is 24.1 Å². The number of benzene rings is 1. The van der Waals surface area contributed by atoms with Gasteiger partial charge in [0.05, 0.1) is 23.9 Å². The van der Waals surface area contributed by atoms with Gasteiger partial charge in [-0.2, -0.15) is 0 Å². The second-order valence-corrected chi connectivity index (χ2v) is 8.70. The first kappa shape index (κ1) is 19.4. The number of ether oxygens (including phenoxy) is 1. The van der Waals surface area contributed by atoms with Gasteiger partial charge in [0.1, 0.15) is 5.82 Å². The molecular weight excluding hydrogens is 381 g/mol. The molecule has 2 aliphatic heterocycles. The van der Waals surface area contributed by atoms with Gasteiger partial charge in [-0.15, -0.1) is 11.3 Å². The van der Waals surface area contributed by atoms with Gasteiger partial charge in [-0.25, -0.2) is 9.37 Å². The van der Waals surface area contributed by atoms with Crippen molar-refractivity contribution in [2.75, 3.05) is 31.6 Å². The SMILES string of the molecule is Cc1sc(NC(=O)CN2CC[C@@]3(CCCO3)[C@@H](O)C2)nc1-c1ccc(F)cc1. The first-order chi connectivity index (χ1) is 13.4. The van der Waals surface area contributed by atoms with Crippen LogP contribution in [0.3, 0.4) is 0 Å². The van der Waals surface area contributed by atoms with E-state index in [1.165, 1.54) is 23.5 Å². The van der Waals surface area contributed by atoms with Crippen molar-refractivity contribution < 1.29 is 19.0 Å². The summed E-state index contributed by atoms with van der Waals surface area (Å²) in [6, 6.07) is 6.15. The Morgan fingerprint density at radius 1 is 1.43 bits per heavy atom. The van der Waals surface area contributed by atoms with E-state index in [0.717, 1.165) is 41.9 Å². The van der Waals surface area contributed by atoms with Gasteiger partial charge in [-0.3, -0.25) is 9.69 Å². The fourth-order valence-electron chi connectivity index (χ4n) is 4.03. The molecule has 28 heavy (non-hydrogen) atoms. The van der Waals surface area contributed by atoms with Crippen molar-refractivity contribution in [3.8, 4) is 11.3 Å². The zero-order valence-electron chi connectivity index (χ0n) is 15.8. The maximum atomic E-state index is 13.1. The number of nitrogens with zero attached hydrogens (tertiary/aromatic N) is 2. The summed E-state index contributed by atoms with van der Waals surface area (Å²) in [7, 11) is 0. The highest BCUT2D eigenvalue weighted by atomic mass is 32.1. The summed E-state index contributed by atoms with van der Waals surface area (Å²) in [6.45, 7) is 4.00. The number of aryl methyl sites for hydroxylation is 1. The Kier molecular flexibility index (Phi) is 5.46. The topological polar surface area (TPSA) is 74.7 Å². The number of carbonyl (C=O) groups is 1. The lowest BCUT2D eigenvalue weighted by Gasteiger charge is -2.42. The fourth-order valence-corrected chi connectivity index (χ4v) is 4.88. The Labute approximate surface area is 167 Å². The summed E-state index contributed by atoms with van der Waals surface area (Å²) in [6.07, 6.45) is 2.05. The minimum absolute atomic E-state index is 0.158. The van der Waals surface area contributed by atoms with E-state index in [9.17, 15) is 14.3 Å². The Hall–Kier alpha value is -1.87. The second-order valence-electron chi connectivity index (χ2n) is 7.50. The zero-order valence-corrected chi connectivity index (χ0v) is 16.6. The highest BCUT2D eigenvalue weighted by molar-refractivity contribution is 7.16. The van der Waals surface area contributed by atoms with E-state index in [1.54, 1.807) is 12.1 Å². The molecule has 0 saturated carbocycles. The van der Waals surface area contributed by atoms with Crippen LogP contribution in [0.5, 0.6) is 0 Å². The van der Waals surface area contributed by atoms with Gasteiger partial charge < -0.3 is 15.2 Å². The number of likely N-dealkylation sites (tertiary alicyclic amines) is 1. The van der Waals surface area contributed by atoms with E-state index in [-0.39, 0.29) is 18.3 Å². The maximum Gasteiger partial charge on any atom is 0.240 e. The largest absolute Gasteiger partial charge is 0.389 e. The van der Waals surface area contributed by atoms with Crippen molar-refractivity contribution >= 4 is 22.4 Å². The molecule has 0 unspecified atom stereocenters. The Morgan fingerprint density at radius 3 is 2.89 bits per heavy atom. The number of aromatic nitrogens is 1. The average Bonchev–Trinajstić information content (AvgIpc) is 3.27. The van der Waals surface area contributed by atoms with Gasteiger partial charge in [-0.1, -0.05) is 0 Å². The number of carbonyl (C=O) groups excluding carboxylic acids is 1. The molecule has 2 N–H and O–H groups in total. The Balaban J connectivity index is 1.35. The third kappa shape index (κ3) is 3.96. The van der Waals surface area contributed by atoms with Crippen LogP contribution in [0.25, 0.3) is 11.3 Å². The van der Waals surface area contributed by atoms with Crippen LogP contribution in [0, 0.1) is 12.7 Å². The number of halogens is 1. The quantitative estimate of drug-likeness (QED) is 0.818. The predicted molar refractivity (Wildman–Crippen MR) is 106 cm³/mol. The van der Waals surface area contributed by atoms with Gasteiger partial charge in [0.15, 0.2) is 5.13 Å². The summed E-state index contributed by atoms with van der Waals surface area (Å²) in [5.41, 5.74) is 1.15. The summed E-state index contributed by atoms with van der Waals surface area (Å²) in [5.74, 6) is -0.450. The molecule has 2 aliphatic rings. The van der Waals surface area contributed by atoms with Crippen molar-refractivity contribution in [3.63, 3.8) is 0 Å². The first-order valence-electron chi connectivity index (χ1n) is 9.53. The summed E-state index contributed by atoms with van der Waals surface area (Å²) < 4.78 is 18.9. The molecular formula is C20H24FN3O3S. The number of amides is 1. The molecule has 0 radical (unpaired) electrons. The number of β-amino-alcohol motifs (C(OH)–C–C–N with tert-alkyl or cyclic N) is 1. The first-order valence-corrected chi connectivity index (χ1v) is 10.3. The number of aliphatic hydroxyl groups is 1. The van der Waals surface area contributed by atoms with E-state index in [1.807, 2.05) is 11.8 Å². The molecule has 150 valence electrons. The van der Waals surface area contributed by atoms with E-state index in [0.29, 0.717) is 18.3 Å². The lowest BCUT2D eigenvalue weighted by atomic mass is 9.86. The minimum Gasteiger partial charge on any atom is -0.389 e. The van der Waals surface area contributed by atoms with Crippen LogP contribution in [-0.4, -0.2) is 58.8 Å². The van der Waals surface area contributed by atoms with Gasteiger partial charge in [-0.05, 0) is 50.5 Å². The third-order valence-corrected chi connectivity index (χ3v) is 6.44. The molecule has 2 fully saturated rings. The van der Waals surface area contributed by atoms with Gasteiger partial charge >= 0.3 is 0 Å². The maximum absolute atomic E-state index is 13.1. The predicted octanol–water partition coefficient (Wildman–Crippen LogP) is 2.81. The monoisotopic (exact) mass is 405 g/mol. The number of hydrogen-bond donors (Lipinski definition) is 2.